The summed E-state index contributed by atoms with van der Waals surface area (Å²) in [5.74, 6) is 0. The van der Waals surface area contributed by atoms with Crippen LogP contribution in [0, 0.1) is 0 Å². The molecular formula is C43H26N2S. The molecule has 0 unspecified atom stereocenters. The molecule has 0 spiro atoms. The lowest BCUT2D eigenvalue weighted by Crippen LogP contribution is -1.96. The summed E-state index contributed by atoms with van der Waals surface area (Å²) in [5.41, 5.74) is 13.2. The third-order valence-corrected chi connectivity index (χ3v) is 10.5. The molecule has 46 heavy (non-hydrogen) atoms. The molecule has 0 amide bonds. The average Bonchev–Trinajstić information content (AvgIpc) is 3.80. The Balaban J connectivity index is 1.25. The van der Waals surface area contributed by atoms with E-state index in [4.69, 9.17) is 4.98 Å². The fourth-order valence-corrected chi connectivity index (χ4v) is 8.38. The highest BCUT2D eigenvalue weighted by Gasteiger charge is 2.28. The summed E-state index contributed by atoms with van der Waals surface area (Å²) < 4.78 is 2.49. The minimum atomic E-state index is 1.07. The van der Waals surface area contributed by atoms with E-state index in [1.165, 1.54) is 82.1 Å². The van der Waals surface area contributed by atoms with E-state index >= 15 is 0 Å². The predicted molar refractivity (Wildman–Crippen MR) is 195 cm³/mol. The Morgan fingerprint density at radius 2 is 1.02 bits per heavy atom. The number of rotatable bonds is 4. The van der Waals surface area contributed by atoms with Crippen molar-refractivity contribution < 1.29 is 0 Å². The standard InChI is InChI=1S/C43H26N2S/c1-4-11-27(12-5-1)30-19-21-32-33-22-20-31(28-13-6-2-7-14-28)26-39(33)45(38(32)25-30)37-24-23-36-40-34(37)17-10-18-35(40)41-42(36)46-43(44-41)29-15-8-3-9-16-29/h1-26H. The van der Waals surface area contributed by atoms with Crippen LogP contribution in [-0.4, -0.2) is 9.55 Å². The SMILES string of the molecule is c1ccc(-c2ccc3c4ccc(-c5ccccc5)cc4n(-c4ccc5c6c(cccc46)-c4nc(-c6ccccc6)sc4-5)c3c2)cc1. The molecule has 9 aromatic rings. The van der Waals surface area contributed by atoms with Gasteiger partial charge >= 0.3 is 0 Å². The largest absolute Gasteiger partial charge is 0.309 e. The lowest BCUT2D eigenvalue weighted by Gasteiger charge is -2.14. The molecule has 0 aliphatic heterocycles. The molecule has 0 fully saturated rings. The Hall–Kier alpha value is -5.77. The lowest BCUT2D eigenvalue weighted by molar-refractivity contribution is 1.20. The van der Waals surface area contributed by atoms with Crippen LogP contribution in [-0.2, 0) is 0 Å². The number of benzene rings is 7. The molecule has 2 heterocycles. The van der Waals surface area contributed by atoms with E-state index in [1.54, 1.807) is 11.3 Å². The van der Waals surface area contributed by atoms with Gasteiger partial charge in [-0.1, -0.05) is 140 Å². The minimum absolute atomic E-state index is 1.07. The van der Waals surface area contributed by atoms with Gasteiger partial charge in [0.05, 0.1) is 27.3 Å². The minimum Gasteiger partial charge on any atom is -0.309 e. The van der Waals surface area contributed by atoms with E-state index in [9.17, 15) is 0 Å². The first-order valence-electron chi connectivity index (χ1n) is 15.6. The Kier molecular flexibility index (Phi) is 5.48. The molecule has 1 aliphatic carbocycles. The fraction of sp³-hybridized carbons (Fsp3) is 0. The summed E-state index contributed by atoms with van der Waals surface area (Å²) in [6.07, 6.45) is 0. The van der Waals surface area contributed by atoms with Crippen LogP contribution in [0.2, 0.25) is 0 Å². The highest BCUT2D eigenvalue weighted by atomic mass is 32.1. The second-order valence-electron chi connectivity index (χ2n) is 12.0. The van der Waals surface area contributed by atoms with Crippen molar-refractivity contribution in [1.82, 2.24) is 9.55 Å². The molecular weight excluding hydrogens is 577 g/mol. The van der Waals surface area contributed by atoms with E-state index < -0.39 is 0 Å². The summed E-state index contributed by atoms with van der Waals surface area (Å²) in [7, 11) is 0. The molecule has 2 nitrogen and oxygen atoms in total. The summed E-state index contributed by atoms with van der Waals surface area (Å²) >= 11 is 1.79. The Morgan fingerprint density at radius 1 is 0.435 bits per heavy atom. The van der Waals surface area contributed by atoms with Gasteiger partial charge in [-0.15, -0.1) is 11.3 Å². The van der Waals surface area contributed by atoms with Crippen molar-refractivity contribution in [3.8, 4) is 60.2 Å². The molecule has 1 aliphatic rings. The van der Waals surface area contributed by atoms with Gasteiger partial charge in [-0.3, -0.25) is 0 Å². The molecule has 0 atom stereocenters. The molecule has 0 radical (unpaired) electrons. The van der Waals surface area contributed by atoms with Gasteiger partial charge in [0.1, 0.15) is 5.01 Å². The number of hydrogen-bond acceptors (Lipinski definition) is 2. The highest BCUT2D eigenvalue weighted by Crippen LogP contribution is 2.52. The van der Waals surface area contributed by atoms with Crippen LogP contribution < -0.4 is 0 Å². The maximum Gasteiger partial charge on any atom is 0.124 e. The summed E-state index contributed by atoms with van der Waals surface area (Å²) in [6.45, 7) is 0. The van der Waals surface area contributed by atoms with Gasteiger partial charge in [0.25, 0.3) is 0 Å². The molecule has 0 saturated carbocycles. The van der Waals surface area contributed by atoms with Gasteiger partial charge in [-0.2, -0.15) is 0 Å². The Bertz CT molecular complexity index is 2490. The Labute approximate surface area is 270 Å². The van der Waals surface area contributed by atoms with Crippen molar-refractivity contribution in [3.05, 3.63) is 158 Å². The maximum absolute atomic E-state index is 5.20. The molecule has 0 saturated heterocycles. The van der Waals surface area contributed by atoms with Crippen LogP contribution in [0.5, 0.6) is 0 Å². The van der Waals surface area contributed by atoms with Crippen LogP contribution >= 0.6 is 11.3 Å². The third kappa shape index (κ3) is 3.73. The van der Waals surface area contributed by atoms with Crippen molar-refractivity contribution in [2.75, 3.05) is 0 Å². The van der Waals surface area contributed by atoms with Gasteiger partial charge in [-0.25, -0.2) is 4.98 Å². The molecule has 214 valence electrons. The monoisotopic (exact) mass is 602 g/mol. The molecule has 3 heteroatoms. The van der Waals surface area contributed by atoms with Gasteiger partial charge < -0.3 is 4.57 Å². The van der Waals surface area contributed by atoms with E-state index in [1.807, 2.05) is 0 Å². The highest BCUT2D eigenvalue weighted by molar-refractivity contribution is 7.19. The molecule has 7 aromatic carbocycles. The molecule has 2 aromatic heterocycles. The van der Waals surface area contributed by atoms with Gasteiger partial charge in [0.2, 0.25) is 0 Å². The first-order valence-corrected chi connectivity index (χ1v) is 16.5. The van der Waals surface area contributed by atoms with Gasteiger partial charge in [-0.05, 0) is 40.5 Å². The van der Waals surface area contributed by atoms with E-state index in [0.717, 1.165) is 10.7 Å². The molecule has 0 bridgehead atoms. The van der Waals surface area contributed by atoms with Crippen molar-refractivity contribution in [2.45, 2.75) is 0 Å². The number of aromatic nitrogens is 2. The third-order valence-electron chi connectivity index (χ3n) is 9.39. The van der Waals surface area contributed by atoms with Crippen molar-refractivity contribution >= 4 is 43.9 Å². The maximum atomic E-state index is 5.20. The zero-order valence-electron chi connectivity index (χ0n) is 24.8. The van der Waals surface area contributed by atoms with Crippen molar-refractivity contribution in [1.29, 1.82) is 0 Å². The second-order valence-corrected chi connectivity index (χ2v) is 13.0. The smallest absolute Gasteiger partial charge is 0.124 e. The van der Waals surface area contributed by atoms with Crippen molar-refractivity contribution in [2.24, 2.45) is 0 Å². The van der Waals surface area contributed by atoms with Crippen molar-refractivity contribution in [3.63, 3.8) is 0 Å². The first kappa shape index (κ1) is 25.5. The zero-order valence-corrected chi connectivity index (χ0v) is 25.6. The second kappa shape index (κ2) is 9.87. The van der Waals surface area contributed by atoms with Crippen LogP contribution in [0.15, 0.2) is 158 Å². The van der Waals surface area contributed by atoms with Gasteiger partial charge in [0, 0.05) is 38.2 Å². The summed E-state index contributed by atoms with van der Waals surface area (Å²) in [6, 6.07) is 57.1. The van der Waals surface area contributed by atoms with E-state index in [2.05, 4.69) is 162 Å². The van der Waals surface area contributed by atoms with Crippen LogP contribution in [0.25, 0.3) is 92.8 Å². The predicted octanol–water partition coefficient (Wildman–Crippen LogP) is 12.0. The van der Waals surface area contributed by atoms with E-state index in [-0.39, 0.29) is 0 Å². The number of thiazole rings is 1. The lowest BCUT2D eigenvalue weighted by atomic mass is 10.0. The van der Waals surface area contributed by atoms with Gasteiger partial charge in [0.15, 0.2) is 0 Å². The number of fused-ring (bicyclic) bond motifs is 6. The molecule has 10 rings (SSSR count). The van der Waals surface area contributed by atoms with Crippen LogP contribution in [0.4, 0.5) is 0 Å². The summed E-state index contributed by atoms with van der Waals surface area (Å²) in [5, 5.41) is 6.12. The fourth-order valence-electron chi connectivity index (χ4n) is 7.26. The first-order chi connectivity index (χ1) is 22.8. The quantitative estimate of drug-likeness (QED) is 0.196. The zero-order chi connectivity index (χ0) is 30.2. The normalized spacial score (nSPS) is 11.9. The van der Waals surface area contributed by atoms with E-state index in [0.29, 0.717) is 0 Å². The topological polar surface area (TPSA) is 17.8 Å². The van der Waals surface area contributed by atoms with Crippen LogP contribution in [0.3, 0.4) is 0 Å². The average molecular weight is 603 g/mol. The Morgan fingerprint density at radius 3 is 1.63 bits per heavy atom. The molecule has 0 N–H and O–H groups in total. The number of nitrogens with zero attached hydrogens (tertiary/aromatic N) is 2. The summed E-state index contributed by atoms with van der Waals surface area (Å²) in [4.78, 5) is 6.46. The number of hydrogen-bond donors (Lipinski definition) is 0. The van der Waals surface area contributed by atoms with Crippen LogP contribution in [0.1, 0.15) is 0 Å².